The Labute approximate surface area is 84.0 Å². The van der Waals surface area contributed by atoms with Crippen LogP contribution in [-0.4, -0.2) is 6.61 Å². The number of benzene rings is 1. The maximum Gasteiger partial charge on any atom is 0.166 e. The van der Waals surface area contributed by atoms with Gasteiger partial charge >= 0.3 is 0 Å². The Morgan fingerprint density at radius 3 is 3.08 bits per heavy atom. The van der Waals surface area contributed by atoms with Crippen molar-refractivity contribution < 1.29 is 9.13 Å². The van der Waals surface area contributed by atoms with E-state index in [1.54, 1.807) is 0 Å². The van der Waals surface area contributed by atoms with Gasteiger partial charge in [-0.3, -0.25) is 0 Å². The number of halogens is 2. The van der Waals surface area contributed by atoms with Crippen molar-refractivity contribution in [2.24, 2.45) is 5.73 Å². The van der Waals surface area contributed by atoms with Gasteiger partial charge in [-0.1, -0.05) is 15.9 Å². The summed E-state index contributed by atoms with van der Waals surface area (Å²) >= 11 is 3.22. The highest BCUT2D eigenvalue weighted by molar-refractivity contribution is 9.10. The molecule has 1 aromatic rings. The first-order valence-corrected chi connectivity index (χ1v) is 4.85. The van der Waals surface area contributed by atoms with Crippen LogP contribution in [0, 0.1) is 5.82 Å². The minimum Gasteiger partial charge on any atom is -0.490 e. The number of hydrogen-bond donors (Lipinski definition) is 1. The van der Waals surface area contributed by atoms with E-state index in [0.29, 0.717) is 16.8 Å². The Morgan fingerprint density at radius 2 is 2.31 bits per heavy atom. The minimum atomic E-state index is -0.348. The maximum atomic E-state index is 13.3. The molecule has 1 unspecified atom stereocenters. The SMILES string of the molecule is NC1CCOc2c(F)cc(Br)cc21. The third kappa shape index (κ3) is 1.56. The normalized spacial score (nSPS) is 20.7. The van der Waals surface area contributed by atoms with Crippen LogP contribution in [0.5, 0.6) is 5.75 Å². The Bertz CT molecular complexity index is 343. The van der Waals surface area contributed by atoms with Crippen LogP contribution < -0.4 is 10.5 Å². The van der Waals surface area contributed by atoms with E-state index in [-0.39, 0.29) is 11.9 Å². The van der Waals surface area contributed by atoms with Gasteiger partial charge in [0.05, 0.1) is 6.61 Å². The molecule has 1 heterocycles. The van der Waals surface area contributed by atoms with Crippen LogP contribution in [0.2, 0.25) is 0 Å². The van der Waals surface area contributed by atoms with Gasteiger partial charge in [0.2, 0.25) is 0 Å². The van der Waals surface area contributed by atoms with Crippen LogP contribution in [-0.2, 0) is 0 Å². The molecule has 0 amide bonds. The van der Waals surface area contributed by atoms with Crippen LogP contribution in [0.3, 0.4) is 0 Å². The Balaban J connectivity index is 2.56. The average Bonchev–Trinajstić information content (AvgIpc) is 2.07. The second kappa shape index (κ2) is 3.27. The van der Waals surface area contributed by atoms with E-state index in [9.17, 15) is 4.39 Å². The number of ether oxygens (including phenoxy) is 1. The molecule has 70 valence electrons. The van der Waals surface area contributed by atoms with Crippen molar-refractivity contribution in [3.8, 4) is 5.75 Å². The fraction of sp³-hybridized carbons (Fsp3) is 0.333. The highest BCUT2D eigenvalue weighted by atomic mass is 79.9. The molecule has 2 nitrogen and oxygen atoms in total. The minimum absolute atomic E-state index is 0.115. The molecule has 0 spiro atoms. The van der Waals surface area contributed by atoms with E-state index < -0.39 is 0 Å². The van der Waals surface area contributed by atoms with Gasteiger partial charge < -0.3 is 10.5 Å². The van der Waals surface area contributed by atoms with Crippen molar-refractivity contribution in [1.82, 2.24) is 0 Å². The highest BCUT2D eigenvalue weighted by Gasteiger charge is 2.21. The Morgan fingerprint density at radius 1 is 1.54 bits per heavy atom. The lowest BCUT2D eigenvalue weighted by atomic mass is 10.0. The third-order valence-corrected chi connectivity index (χ3v) is 2.57. The fourth-order valence-electron chi connectivity index (χ4n) is 1.45. The number of hydrogen-bond acceptors (Lipinski definition) is 2. The van der Waals surface area contributed by atoms with E-state index in [2.05, 4.69) is 15.9 Å². The van der Waals surface area contributed by atoms with E-state index in [1.807, 2.05) is 6.07 Å². The van der Waals surface area contributed by atoms with Crippen molar-refractivity contribution in [1.29, 1.82) is 0 Å². The van der Waals surface area contributed by atoms with Crippen molar-refractivity contribution >= 4 is 15.9 Å². The summed E-state index contributed by atoms with van der Waals surface area (Å²) in [6.45, 7) is 0.493. The molecule has 1 atom stereocenters. The van der Waals surface area contributed by atoms with Gasteiger partial charge in [0, 0.05) is 22.5 Å². The van der Waals surface area contributed by atoms with Gasteiger partial charge in [0.25, 0.3) is 0 Å². The van der Waals surface area contributed by atoms with Crippen LogP contribution >= 0.6 is 15.9 Å². The summed E-state index contributed by atoms with van der Waals surface area (Å²) in [5.41, 5.74) is 6.56. The van der Waals surface area contributed by atoms with Gasteiger partial charge in [0.1, 0.15) is 0 Å². The van der Waals surface area contributed by atoms with Gasteiger partial charge in [-0.05, 0) is 12.1 Å². The van der Waals surface area contributed by atoms with Gasteiger partial charge in [-0.2, -0.15) is 0 Å². The summed E-state index contributed by atoms with van der Waals surface area (Å²) in [5.74, 6) is -0.0403. The molecular formula is C9H9BrFNO. The first-order valence-electron chi connectivity index (χ1n) is 4.06. The third-order valence-electron chi connectivity index (χ3n) is 2.11. The second-order valence-corrected chi connectivity index (χ2v) is 3.97. The van der Waals surface area contributed by atoms with Crippen LogP contribution in [0.1, 0.15) is 18.0 Å². The summed E-state index contributed by atoms with van der Waals surface area (Å²) < 4.78 is 19.2. The molecule has 1 aromatic carbocycles. The topological polar surface area (TPSA) is 35.2 Å². The lowest BCUT2D eigenvalue weighted by Gasteiger charge is -2.23. The van der Waals surface area contributed by atoms with Crippen molar-refractivity contribution in [3.63, 3.8) is 0 Å². The summed E-state index contributed by atoms with van der Waals surface area (Å²) in [5, 5.41) is 0. The average molecular weight is 246 g/mol. The second-order valence-electron chi connectivity index (χ2n) is 3.05. The molecule has 13 heavy (non-hydrogen) atoms. The van der Waals surface area contributed by atoms with Gasteiger partial charge in [-0.25, -0.2) is 4.39 Å². The zero-order chi connectivity index (χ0) is 9.42. The molecular weight excluding hydrogens is 237 g/mol. The molecule has 1 aliphatic heterocycles. The predicted octanol–water partition coefficient (Wildman–Crippen LogP) is 2.37. The molecule has 0 radical (unpaired) electrons. The van der Waals surface area contributed by atoms with Crippen molar-refractivity contribution in [3.05, 3.63) is 28.0 Å². The molecule has 2 N–H and O–H groups in total. The van der Waals surface area contributed by atoms with E-state index in [4.69, 9.17) is 10.5 Å². The van der Waals surface area contributed by atoms with Crippen molar-refractivity contribution in [2.45, 2.75) is 12.5 Å². The Hall–Kier alpha value is -0.610. The quantitative estimate of drug-likeness (QED) is 0.762. The van der Waals surface area contributed by atoms with E-state index >= 15 is 0 Å². The smallest absolute Gasteiger partial charge is 0.166 e. The lowest BCUT2D eigenvalue weighted by molar-refractivity contribution is 0.255. The van der Waals surface area contributed by atoms with Gasteiger partial charge in [0.15, 0.2) is 11.6 Å². The molecule has 1 aliphatic rings. The summed E-state index contributed by atoms with van der Waals surface area (Å²) in [6, 6.07) is 3.08. The molecule has 0 saturated carbocycles. The fourth-order valence-corrected chi connectivity index (χ4v) is 1.90. The zero-order valence-electron chi connectivity index (χ0n) is 6.89. The largest absolute Gasteiger partial charge is 0.490 e. The molecule has 0 aliphatic carbocycles. The number of nitrogens with two attached hydrogens (primary N) is 1. The first kappa shape index (κ1) is 8.97. The molecule has 0 bridgehead atoms. The van der Waals surface area contributed by atoms with Crippen LogP contribution in [0.25, 0.3) is 0 Å². The lowest BCUT2D eigenvalue weighted by Crippen LogP contribution is -2.21. The summed E-state index contributed by atoms with van der Waals surface area (Å²) in [7, 11) is 0. The highest BCUT2D eigenvalue weighted by Crippen LogP contribution is 2.35. The van der Waals surface area contributed by atoms with Crippen molar-refractivity contribution in [2.75, 3.05) is 6.61 Å². The standard InChI is InChI=1S/C9H9BrFNO/c10-5-3-6-8(12)1-2-13-9(6)7(11)4-5/h3-4,8H,1-2,12H2. The summed E-state index contributed by atoms with van der Waals surface area (Å²) in [6.07, 6.45) is 0.739. The Kier molecular flexibility index (Phi) is 2.26. The van der Waals surface area contributed by atoms with E-state index in [0.717, 1.165) is 12.0 Å². The summed E-state index contributed by atoms with van der Waals surface area (Å²) in [4.78, 5) is 0. The molecule has 4 heteroatoms. The molecule has 0 aromatic heterocycles. The van der Waals surface area contributed by atoms with E-state index in [1.165, 1.54) is 6.07 Å². The molecule has 0 fully saturated rings. The predicted molar refractivity (Wildman–Crippen MR) is 51.1 cm³/mol. The van der Waals surface area contributed by atoms with Crippen LogP contribution in [0.4, 0.5) is 4.39 Å². The van der Waals surface area contributed by atoms with Gasteiger partial charge in [-0.15, -0.1) is 0 Å². The number of fused-ring (bicyclic) bond motifs is 1. The maximum absolute atomic E-state index is 13.3. The first-order chi connectivity index (χ1) is 6.18. The zero-order valence-corrected chi connectivity index (χ0v) is 8.47. The van der Waals surface area contributed by atoms with Crippen LogP contribution in [0.15, 0.2) is 16.6 Å². The monoisotopic (exact) mass is 245 g/mol. The molecule has 2 rings (SSSR count). The number of rotatable bonds is 0. The molecule has 0 saturated heterocycles.